The van der Waals surface area contributed by atoms with E-state index in [0.717, 1.165) is 11.3 Å². The van der Waals surface area contributed by atoms with Gasteiger partial charge < -0.3 is 9.73 Å². The Kier molecular flexibility index (Phi) is 5.00. The molecule has 6 heteroatoms. The lowest BCUT2D eigenvalue weighted by Crippen LogP contribution is -2.25. The van der Waals surface area contributed by atoms with Crippen LogP contribution in [0.15, 0.2) is 77.2 Å². The molecule has 0 radical (unpaired) electrons. The monoisotopic (exact) mass is 391 g/mol. The van der Waals surface area contributed by atoms with Crippen LogP contribution in [-0.2, 0) is 6.54 Å². The van der Waals surface area contributed by atoms with Crippen molar-refractivity contribution in [2.24, 2.45) is 0 Å². The molecule has 2 aromatic carbocycles. The lowest BCUT2D eigenvalue weighted by atomic mass is 10.2. The number of carbonyl (C=O) groups excluding carboxylic acids is 1. The molecule has 2 heterocycles. The number of amides is 1. The van der Waals surface area contributed by atoms with Crippen molar-refractivity contribution in [2.75, 3.05) is 0 Å². The molecular formula is C22H18ClN3O2. The number of halogens is 1. The summed E-state index contributed by atoms with van der Waals surface area (Å²) < 4.78 is 7.26. The minimum absolute atomic E-state index is 0.231. The smallest absolute Gasteiger partial charge is 0.270 e. The Bertz CT molecular complexity index is 1120. The molecule has 140 valence electrons. The number of rotatable bonds is 5. The van der Waals surface area contributed by atoms with Crippen LogP contribution >= 0.6 is 11.6 Å². The zero-order valence-corrected chi connectivity index (χ0v) is 16.0. The molecule has 5 nitrogen and oxygen atoms in total. The van der Waals surface area contributed by atoms with E-state index in [4.69, 9.17) is 16.0 Å². The van der Waals surface area contributed by atoms with Crippen LogP contribution in [-0.4, -0.2) is 15.7 Å². The van der Waals surface area contributed by atoms with Crippen molar-refractivity contribution in [1.82, 2.24) is 15.1 Å². The molecule has 4 rings (SSSR count). The van der Waals surface area contributed by atoms with Gasteiger partial charge in [-0.1, -0.05) is 48.0 Å². The van der Waals surface area contributed by atoms with Gasteiger partial charge >= 0.3 is 0 Å². The summed E-state index contributed by atoms with van der Waals surface area (Å²) in [6.45, 7) is 2.29. The SMILES string of the molecule is Cc1ccc(-c2cc(C(=O)NCc3ccccc3)n(-c3cccc(Cl)c3)n2)o1. The van der Waals surface area contributed by atoms with Crippen molar-refractivity contribution < 1.29 is 9.21 Å². The molecule has 0 bridgehead atoms. The number of hydrogen-bond acceptors (Lipinski definition) is 3. The number of hydrogen-bond donors (Lipinski definition) is 1. The number of benzene rings is 2. The van der Waals surface area contributed by atoms with Crippen LogP contribution in [0.25, 0.3) is 17.1 Å². The van der Waals surface area contributed by atoms with E-state index in [1.807, 2.05) is 61.5 Å². The highest BCUT2D eigenvalue weighted by Crippen LogP contribution is 2.24. The fraction of sp³-hybridized carbons (Fsp3) is 0.0909. The molecule has 0 atom stereocenters. The molecule has 28 heavy (non-hydrogen) atoms. The van der Waals surface area contributed by atoms with Gasteiger partial charge in [0.15, 0.2) is 5.76 Å². The van der Waals surface area contributed by atoms with Gasteiger partial charge in [0.2, 0.25) is 0 Å². The Morgan fingerprint density at radius 3 is 2.61 bits per heavy atom. The molecule has 4 aromatic rings. The van der Waals surface area contributed by atoms with Gasteiger partial charge in [-0.2, -0.15) is 5.10 Å². The molecule has 0 aliphatic heterocycles. The first-order chi connectivity index (χ1) is 13.6. The number of nitrogens with zero attached hydrogens (tertiary/aromatic N) is 2. The zero-order chi connectivity index (χ0) is 19.5. The average molecular weight is 392 g/mol. The second kappa shape index (κ2) is 7.74. The zero-order valence-electron chi connectivity index (χ0n) is 15.2. The van der Waals surface area contributed by atoms with E-state index in [-0.39, 0.29) is 5.91 Å². The third-order valence-electron chi connectivity index (χ3n) is 4.28. The molecule has 1 amide bonds. The molecule has 0 fully saturated rings. The number of aryl methyl sites for hydroxylation is 1. The average Bonchev–Trinajstić information content (AvgIpc) is 3.33. The summed E-state index contributed by atoms with van der Waals surface area (Å²) >= 11 is 6.13. The Balaban J connectivity index is 1.69. The fourth-order valence-corrected chi connectivity index (χ4v) is 3.09. The van der Waals surface area contributed by atoms with Gasteiger partial charge in [0.25, 0.3) is 5.91 Å². The van der Waals surface area contributed by atoms with Crippen molar-refractivity contribution in [2.45, 2.75) is 13.5 Å². The predicted molar refractivity (Wildman–Crippen MR) is 109 cm³/mol. The van der Waals surface area contributed by atoms with Crippen LogP contribution in [0, 0.1) is 6.92 Å². The lowest BCUT2D eigenvalue weighted by molar-refractivity contribution is 0.0943. The highest BCUT2D eigenvalue weighted by atomic mass is 35.5. The lowest BCUT2D eigenvalue weighted by Gasteiger charge is -2.09. The number of furan rings is 1. The second-order valence-electron chi connectivity index (χ2n) is 6.39. The van der Waals surface area contributed by atoms with E-state index >= 15 is 0 Å². The minimum Gasteiger partial charge on any atom is -0.460 e. The van der Waals surface area contributed by atoms with Gasteiger partial charge in [-0.15, -0.1) is 0 Å². The first kappa shape index (κ1) is 18.1. The van der Waals surface area contributed by atoms with Gasteiger partial charge in [0.05, 0.1) is 5.69 Å². The maximum Gasteiger partial charge on any atom is 0.270 e. The molecule has 0 saturated heterocycles. The van der Waals surface area contributed by atoms with E-state index < -0.39 is 0 Å². The van der Waals surface area contributed by atoms with E-state index in [2.05, 4.69) is 10.4 Å². The van der Waals surface area contributed by atoms with Crippen LogP contribution in [0.4, 0.5) is 0 Å². The molecular weight excluding hydrogens is 374 g/mol. The van der Waals surface area contributed by atoms with Gasteiger partial charge in [0.1, 0.15) is 17.1 Å². The van der Waals surface area contributed by atoms with E-state index in [1.165, 1.54) is 0 Å². The third-order valence-corrected chi connectivity index (χ3v) is 4.52. The van der Waals surface area contributed by atoms with Crippen molar-refractivity contribution >= 4 is 17.5 Å². The molecule has 0 unspecified atom stereocenters. The van der Waals surface area contributed by atoms with Crippen LogP contribution in [0.2, 0.25) is 5.02 Å². The van der Waals surface area contributed by atoms with E-state index in [1.54, 1.807) is 22.9 Å². The van der Waals surface area contributed by atoms with Crippen LogP contribution < -0.4 is 5.32 Å². The highest BCUT2D eigenvalue weighted by Gasteiger charge is 2.19. The number of aromatic nitrogens is 2. The molecule has 2 aromatic heterocycles. The molecule has 1 N–H and O–H groups in total. The first-order valence-electron chi connectivity index (χ1n) is 8.85. The highest BCUT2D eigenvalue weighted by molar-refractivity contribution is 6.30. The molecule has 0 aliphatic carbocycles. The summed E-state index contributed by atoms with van der Waals surface area (Å²) in [6, 6.07) is 22.4. The summed E-state index contributed by atoms with van der Waals surface area (Å²) in [5.74, 6) is 1.16. The third kappa shape index (κ3) is 3.85. The topological polar surface area (TPSA) is 60.1 Å². The van der Waals surface area contributed by atoms with Gasteiger partial charge in [-0.05, 0) is 42.8 Å². The fourth-order valence-electron chi connectivity index (χ4n) is 2.91. The number of carbonyl (C=O) groups is 1. The van der Waals surface area contributed by atoms with Crippen molar-refractivity contribution in [3.8, 4) is 17.1 Å². The maximum atomic E-state index is 12.9. The van der Waals surface area contributed by atoms with E-state index in [0.29, 0.717) is 34.4 Å². The first-order valence-corrected chi connectivity index (χ1v) is 9.23. The second-order valence-corrected chi connectivity index (χ2v) is 6.82. The largest absolute Gasteiger partial charge is 0.460 e. The van der Waals surface area contributed by atoms with Gasteiger partial charge in [-0.25, -0.2) is 4.68 Å². The number of nitrogens with one attached hydrogen (secondary N) is 1. The normalized spacial score (nSPS) is 10.8. The van der Waals surface area contributed by atoms with Gasteiger partial charge in [0, 0.05) is 17.6 Å². The Hall–Kier alpha value is -3.31. The molecule has 0 saturated carbocycles. The predicted octanol–water partition coefficient (Wildman–Crippen LogP) is 5.02. The van der Waals surface area contributed by atoms with Crippen molar-refractivity contribution in [1.29, 1.82) is 0 Å². The van der Waals surface area contributed by atoms with Gasteiger partial charge in [-0.3, -0.25) is 4.79 Å². The van der Waals surface area contributed by atoms with Crippen LogP contribution in [0.3, 0.4) is 0 Å². The van der Waals surface area contributed by atoms with Crippen LogP contribution in [0.5, 0.6) is 0 Å². The molecule has 0 aliphatic rings. The summed E-state index contributed by atoms with van der Waals surface area (Å²) in [5, 5.41) is 8.10. The Labute approximate surface area is 167 Å². The maximum absolute atomic E-state index is 12.9. The molecule has 0 spiro atoms. The summed E-state index contributed by atoms with van der Waals surface area (Å²) in [4.78, 5) is 12.9. The van der Waals surface area contributed by atoms with Crippen LogP contribution in [0.1, 0.15) is 21.8 Å². The minimum atomic E-state index is -0.231. The Morgan fingerprint density at radius 1 is 1.07 bits per heavy atom. The van der Waals surface area contributed by atoms with Crippen molar-refractivity contribution in [3.63, 3.8) is 0 Å². The standard InChI is InChI=1S/C22H18ClN3O2/c1-15-10-11-21(28-15)19-13-20(22(27)24-14-16-6-3-2-4-7-16)26(25-19)18-9-5-8-17(23)12-18/h2-13H,14H2,1H3,(H,24,27). The summed E-state index contributed by atoms with van der Waals surface area (Å²) in [5.41, 5.74) is 2.71. The van der Waals surface area contributed by atoms with E-state index in [9.17, 15) is 4.79 Å². The quantitative estimate of drug-likeness (QED) is 0.519. The summed E-state index contributed by atoms with van der Waals surface area (Å²) in [7, 11) is 0. The Morgan fingerprint density at radius 2 is 1.89 bits per heavy atom. The van der Waals surface area contributed by atoms with Crippen molar-refractivity contribution in [3.05, 3.63) is 94.8 Å². The summed E-state index contributed by atoms with van der Waals surface area (Å²) in [6.07, 6.45) is 0.